The van der Waals surface area contributed by atoms with Crippen molar-refractivity contribution in [2.45, 2.75) is 31.2 Å². The van der Waals surface area contributed by atoms with Crippen LogP contribution in [0.1, 0.15) is 29.3 Å². The highest BCUT2D eigenvalue weighted by molar-refractivity contribution is 7.89. The van der Waals surface area contributed by atoms with Crippen LogP contribution in [-0.2, 0) is 19.6 Å². The Kier molecular flexibility index (Phi) is 7.12. The predicted molar refractivity (Wildman–Crippen MR) is 102 cm³/mol. The molecule has 2 aromatic carbocycles. The van der Waals surface area contributed by atoms with E-state index in [-0.39, 0.29) is 17.9 Å². The third kappa shape index (κ3) is 5.89. The van der Waals surface area contributed by atoms with Crippen LogP contribution >= 0.6 is 11.6 Å². The van der Waals surface area contributed by atoms with Crippen LogP contribution in [0.15, 0.2) is 53.4 Å². The Labute approximate surface area is 163 Å². The number of halogens is 1. The second-order valence-corrected chi connectivity index (χ2v) is 8.02. The van der Waals surface area contributed by atoms with Crippen LogP contribution in [-0.4, -0.2) is 32.8 Å². The molecule has 0 spiro atoms. The molecule has 0 fully saturated rings. The summed E-state index contributed by atoms with van der Waals surface area (Å²) < 4.78 is 32.4. The van der Waals surface area contributed by atoms with Gasteiger partial charge in [-0.25, -0.2) is 8.42 Å². The average molecular weight is 410 g/mol. The van der Waals surface area contributed by atoms with E-state index >= 15 is 0 Å². The van der Waals surface area contributed by atoms with E-state index in [2.05, 4.69) is 4.72 Å². The number of esters is 1. The molecule has 0 unspecified atom stereocenters. The minimum Gasteiger partial charge on any atom is -0.465 e. The fraction of sp³-hybridized carbons (Fsp3) is 0.263. The molecule has 0 aliphatic heterocycles. The lowest BCUT2D eigenvalue weighted by molar-refractivity contribution is -0.145. The van der Waals surface area contributed by atoms with Crippen molar-refractivity contribution < 1.29 is 22.7 Å². The molecule has 0 radical (unpaired) electrons. The molecule has 0 saturated carbocycles. The van der Waals surface area contributed by atoms with Gasteiger partial charge >= 0.3 is 5.97 Å². The Hall–Kier alpha value is -2.22. The molecule has 0 aliphatic rings. The summed E-state index contributed by atoms with van der Waals surface area (Å²) in [4.78, 5) is 24.7. The Balaban J connectivity index is 2.23. The van der Waals surface area contributed by atoms with Gasteiger partial charge in [-0.2, -0.15) is 4.72 Å². The van der Waals surface area contributed by atoms with Crippen molar-refractivity contribution in [1.29, 1.82) is 0 Å². The van der Waals surface area contributed by atoms with Crippen LogP contribution in [0.2, 0.25) is 5.02 Å². The number of carbonyl (C=O) groups is 2. The first kappa shape index (κ1) is 21.1. The molecule has 0 bridgehead atoms. The van der Waals surface area contributed by atoms with Crippen molar-refractivity contribution >= 4 is 33.4 Å². The lowest BCUT2D eigenvalue weighted by Crippen LogP contribution is -2.43. The second-order valence-electron chi connectivity index (χ2n) is 5.87. The van der Waals surface area contributed by atoms with E-state index in [9.17, 15) is 18.0 Å². The van der Waals surface area contributed by atoms with Gasteiger partial charge in [0.25, 0.3) is 0 Å². The number of sulfonamides is 1. The van der Waals surface area contributed by atoms with Gasteiger partial charge in [-0.1, -0.05) is 29.3 Å². The standard InChI is InChI=1S/C19H20ClNO5S/c1-3-26-19(23)17(12-18(22)14-6-8-15(20)9-7-14)21-27(24,25)16-10-4-13(2)5-11-16/h4-11,17,21H,3,12H2,1-2H3/t17-/m0/s1. The Morgan fingerprint density at radius 2 is 1.67 bits per heavy atom. The van der Waals surface area contributed by atoms with E-state index in [1.165, 1.54) is 24.3 Å². The molecule has 1 atom stereocenters. The van der Waals surface area contributed by atoms with E-state index < -0.39 is 27.8 Å². The van der Waals surface area contributed by atoms with Gasteiger partial charge in [0, 0.05) is 17.0 Å². The molecular weight excluding hydrogens is 390 g/mol. The summed E-state index contributed by atoms with van der Waals surface area (Å²) in [5, 5.41) is 0.466. The van der Waals surface area contributed by atoms with Crippen LogP contribution in [0.25, 0.3) is 0 Å². The fourth-order valence-electron chi connectivity index (χ4n) is 2.33. The highest BCUT2D eigenvalue weighted by atomic mass is 35.5. The largest absolute Gasteiger partial charge is 0.465 e. The smallest absolute Gasteiger partial charge is 0.324 e. The van der Waals surface area contributed by atoms with Gasteiger partial charge in [0.1, 0.15) is 6.04 Å². The highest BCUT2D eigenvalue weighted by Crippen LogP contribution is 2.15. The average Bonchev–Trinajstić information content (AvgIpc) is 2.62. The van der Waals surface area contributed by atoms with Crippen molar-refractivity contribution in [3.63, 3.8) is 0 Å². The van der Waals surface area contributed by atoms with E-state index in [1.54, 1.807) is 31.2 Å². The predicted octanol–water partition coefficient (Wildman–Crippen LogP) is 3.13. The normalized spacial score (nSPS) is 12.4. The third-order valence-electron chi connectivity index (χ3n) is 3.76. The van der Waals surface area contributed by atoms with E-state index in [0.29, 0.717) is 10.6 Å². The SMILES string of the molecule is CCOC(=O)[C@H](CC(=O)c1ccc(Cl)cc1)NS(=O)(=O)c1ccc(C)cc1. The summed E-state index contributed by atoms with van der Waals surface area (Å²) in [6.07, 6.45) is -0.369. The van der Waals surface area contributed by atoms with E-state index in [4.69, 9.17) is 16.3 Å². The third-order valence-corrected chi connectivity index (χ3v) is 5.50. The number of aryl methyl sites for hydroxylation is 1. The number of rotatable bonds is 8. The number of benzene rings is 2. The maximum absolute atomic E-state index is 12.6. The Morgan fingerprint density at radius 1 is 1.07 bits per heavy atom. The number of Topliss-reactive ketones (excluding diaryl/α,β-unsaturated/α-hetero) is 1. The summed E-state index contributed by atoms with van der Waals surface area (Å²) in [7, 11) is -4.00. The minimum atomic E-state index is -4.00. The summed E-state index contributed by atoms with van der Waals surface area (Å²) in [6.45, 7) is 3.50. The Morgan fingerprint density at radius 3 is 2.22 bits per heavy atom. The zero-order valence-corrected chi connectivity index (χ0v) is 16.5. The van der Waals surface area contributed by atoms with Crippen LogP contribution in [0.5, 0.6) is 0 Å². The molecule has 0 aromatic heterocycles. The lowest BCUT2D eigenvalue weighted by Gasteiger charge is -2.17. The van der Waals surface area contributed by atoms with Gasteiger partial charge in [-0.3, -0.25) is 9.59 Å². The van der Waals surface area contributed by atoms with Crippen LogP contribution < -0.4 is 4.72 Å². The molecular formula is C19H20ClNO5S. The highest BCUT2D eigenvalue weighted by Gasteiger charge is 2.29. The maximum Gasteiger partial charge on any atom is 0.324 e. The van der Waals surface area contributed by atoms with Gasteiger partial charge in [-0.05, 0) is 50.2 Å². The number of nitrogens with one attached hydrogen (secondary N) is 1. The van der Waals surface area contributed by atoms with Crippen molar-refractivity contribution in [3.05, 3.63) is 64.7 Å². The molecule has 2 rings (SSSR count). The number of hydrogen-bond acceptors (Lipinski definition) is 5. The van der Waals surface area contributed by atoms with Crippen LogP contribution in [0, 0.1) is 6.92 Å². The van der Waals surface area contributed by atoms with Gasteiger partial charge in [-0.15, -0.1) is 0 Å². The topological polar surface area (TPSA) is 89.5 Å². The Bertz CT molecular complexity index is 908. The zero-order chi connectivity index (χ0) is 20.0. The molecule has 144 valence electrons. The second kappa shape index (κ2) is 9.12. The summed E-state index contributed by atoms with van der Waals surface area (Å²) in [6, 6.07) is 10.9. The maximum atomic E-state index is 12.6. The monoisotopic (exact) mass is 409 g/mol. The number of carbonyl (C=O) groups excluding carboxylic acids is 2. The first-order valence-electron chi connectivity index (χ1n) is 8.27. The number of ketones is 1. The van der Waals surface area contributed by atoms with Gasteiger partial charge < -0.3 is 4.74 Å². The molecule has 0 aliphatic carbocycles. The van der Waals surface area contributed by atoms with Crippen molar-refractivity contribution in [3.8, 4) is 0 Å². The molecule has 27 heavy (non-hydrogen) atoms. The minimum absolute atomic E-state index is 0.00124. The zero-order valence-electron chi connectivity index (χ0n) is 14.9. The first-order chi connectivity index (χ1) is 12.7. The first-order valence-corrected chi connectivity index (χ1v) is 10.1. The van der Waals surface area contributed by atoms with Crippen LogP contribution in [0.4, 0.5) is 0 Å². The molecule has 0 heterocycles. The van der Waals surface area contributed by atoms with Gasteiger partial charge in [0.2, 0.25) is 10.0 Å². The van der Waals surface area contributed by atoms with Crippen molar-refractivity contribution in [2.75, 3.05) is 6.61 Å². The molecule has 8 heteroatoms. The summed E-state index contributed by atoms with van der Waals surface area (Å²) in [5.41, 5.74) is 1.22. The summed E-state index contributed by atoms with van der Waals surface area (Å²) >= 11 is 5.80. The number of ether oxygens (including phenoxy) is 1. The quantitative estimate of drug-likeness (QED) is 0.534. The summed E-state index contributed by atoms with van der Waals surface area (Å²) in [5.74, 6) is -1.22. The van der Waals surface area contributed by atoms with E-state index in [0.717, 1.165) is 5.56 Å². The van der Waals surface area contributed by atoms with Crippen molar-refractivity contribution in [1.82, 2.24) is 4.72 Å². The molecule has 6 nitrogen and oxygen atoms in total. The number of hydrogen-bond donors (Lipinski definition) is 1. The molecule has 0 amide bonds. The molecule has 2 aromatic rings. The van der Waals surface area contributed by atoms with Gasteiger partial charge in [0.15, 0.2) is 5.78 Å². The van der Waals surface area contributed by atoms with Crippen molar-refractivity contribution in [2.24, 2.45) is 0 Å². The van der Waals surface area contributed by atoms with Crippen LogP contribution in [0.3, 0.4) is 0 Å². The molecule has 0 saturated heterocycles. The fourth-order valence-corrected chi connectivity index (χ4v) is 3.64. The van der Waals surface area contributed by atoms with E-state index in [1.807, 2.05) is 6.92 Å². The van der Waals surface area contributed by atoms with Gasteiger partial charge in [0.05, 0.1) is 11.5 Å². The molecule has 1 N–H and O–H groups in total. The lowest BCUT2D eigenvalue weighted by atomic mass is 10.0.